The third kappa shape index (κ3) is 2.90. The van der Waals surface area contributed by atoms with Crippen LogP contribution >= 0.6 is 0 Å². The number of rotatable bonds is 3. The summed E-state index contributed by atoms with van der Waals surface area (Å²) in [5, 5.41) is 0. The molecule has 1 heterocycles. The van der Waals surface area contributed by atoms with Crippen molar-refractivity contribution in [3.63, 3.8) is 0 Å². The van der Waals surface area contributed by atoms with E-state index in [1.807, 2.05) is 6.07 Å². The number of aromatic nitrogens is 1. The van der Waals surface area contributed by atoms with Gasteiger partial charge in [-0.2, -0.15) is 0 Å². The van der Waals surface area contributed by atoms with E-state index in [1.54, 1.807) is 20.4 Å². The molecule has 0 aromatic carbocycles. The summed E-state index contributed by atoms with van der Waals surface area (Å²) in [5.41, 5.74) is 1.27. The molecule has 94 valence electrons. The lowest BCUT2D eigenvalue weighted by Crippen LogP contribution is -2.02. The Kier molecular flexibility index (Phi) is 4.24. The van der Waals surface area contributed by atoms with Gasteiger partial charge in [-0.05, 0) is 18.8 Å². The minimum atomic E-state index is 0.601. The first-order chi connectivity index (χ1) is 8.35. The van der Waals surface area contributed by atoms with Gasteiger partial charge in [-0.25, -0.2) is 4.98 Å². The Hall–Kier alpha value is -1.25. The fourth-order valence-corrected chi connectivity index (χ4v) is 2.63. The largest absolute Gasteiger partial charge is 0.495 e. The summed E-state index contributed by atoms with van der Waals surface area (Å²) >= 11 is 0. The SMILES string of the molecule is COc1cc(C2CCCCCC2)c(OC)cn1. The lowest BCUT2D eigenvalue weighted by Gasteiger charge is -2.18. The van der Waals surface area contributed by atoms with Crippen LogP contribution in [-0.4, -0.2) is 19.2 Å². The highest BCUT2D eigenvalue weighted by atomic mass is 16.5. The Balaban J connectivity index is 2.26. The normalized spacial score (nSPS) is 17.5. The number of pyridine rings is 1. The van der Waals surface area contributed by atoms with E-state index in [2.05, 4.69) is 4.98 Å². The fourth-order valence-electron chi connectivity index (χ4n) is 2.63. The number of ether oxygens (including phenoxy) is 2. The van der Waals surface area contributed by atoms with Crippen LogP contribution in [0.4, 0.5) is 0 Å². The fraction of sp³-hybridized carbons (Fsp3) is 0.643. The van der Waals surface area contributed by atoms with E-state index in [1.165, 1.54) is 44.1 Å². The van der Waals surface area contributed by atoms with Crippen molar-refractivity contribution in [1.82, 2.24) is 4.98 Å². The number of methoxy groups -OCH3 is 2. The molecule has 1 aromatic rings. The van der Waals surface area contributed by atoms with Gasteiger partial charge in [0.2, 0.25) is 5.88 Å². The molecule has 0 spiro atoms. The molecule has 1 aliphatic rings. The van der Waals surface area contributed by atoms with E-state index < -0.39 is 0 Å². The van der Waals surface area contributed by atoms with Gasteiger partial charge in [-0.15, -0.1) is 0 Å². The zero-order valence-electron chi connectivity index (χ0n) is 10.7. The Bertz CT molecular complexity index is 357. The van der Waals surface area contributed by atoms with Crippen molar-refractivity contribution in [1.29, 1.82) is 0 Å². The van der Waals surface area contributed by atoms with Crippen LogP contribution in [0, 0.1) is 0 Å². The summed E-state index contributed by atoms with van der Waals surface area (Å²) in [6, 6.07) is 2.04. The lowest BCUT2D eigenvalue weighted by atomic mass is 9.92. The molecule has 0 bridgehead atoms. The van der Waals surface area contributed by atoms with Crippen LogP contribution in [0.15, 0.2) is 12.3 Å². The summed E-state index contributed by atoms with van der Waals surface area (Å²) in [4.78, 5) is 4.20. The zero-order valence-corrected chi connectivity index (χ0v) is 10.7. The lowest BCUT2D eigenvalue weighted by molar-refractivity contribution is 0.379. The molecule has 0 aliphatic heterocycles. The molecule has 17 heavy (non-hydrogen) atoms. The van der Waals surface area contributed by atoms with Gasteiger partial charge in [0.05, 0.1) is 20.4 Å². The van der Waals surface area contributed by atoms with Gasteiger partial charge in [0.25, 0.3) is 0 Å². The minimum absolute atomic E-state index is 0.601. The number of hydrogen-bond donors (Lipinski definition) is 0. The highest BCUT2D eigenvalue weighted by molar-refractivity contribution is 5.37. The van der Waals surface area contributed by atoms with Crippen molar-refractivity contribution in [3.8, 4) is 11.6 Å². The van der Waals surface area contributed by atoms with Gasteiger partial charge >= 0.3 is 0 Å². The predicted octanol–water partition coefficient (Wildman–Crippen LogP) is 3.54. The third-order valence-electron chi connectivity index (χ3n) is 3.60. The highest BCUT2D eigenvalue weighted by Gasteiger charge is 2.19. The molecule has 0 saturated heterocycles. The van der Waals surface area contributed by atoms with Crippen LogP contribution < -0.4 is 9.47 Å². The molecule has 0 unspecified atom stereocenters. The van der Waals surface area contributed by atoms with Gasteiger partial charge in [0.1, 0.15) is 5.75 Å². The molecule has 1 aliphatic carbocycles. The second-order valence-corrected chi connectivity index (χ2v) is 4.66. The first kappa shape index (κ1) is 12.2. The monoisotopic (exact) mass is 235 g/mol. The molecule has 0 amide bonds. The molecule has 2 rings (SSSR count). The summed E-state index contributed by atoms with van der Waals surface area (Å²) < 4.78 is 10.6. The average molecular weight is 235 g/mol. The van der Waals surface area contributed by atoms with Gasteiger partial charge in [-0.3, -0.25) is 0 Å². The standard InChI is InChI=1S/C14H21NO2/c1-16-13-10-15-14(17-2)9-12(13)11-7-5-3-4-6-8-11/h9-11H,3-8H2,1-2H3. The number of hydrogen-bond acceptors (Lipinski definition) is 3. The van der Waals surface area contributed by atoms with E-state index >= 15 is 0 Å². The van der Waals surface area contributed by atoms with Crippen LogP contribution in [0.5, 0.6) is 11.6 Å². The van der Waals surface area contributed by atoms with Gasteiger partial charge < -0.3 is 9.47 Å². The topological polar surface area (TPSA) is 31.4 Å². The van der Waals surface area contributed by atoms with Crippen LogP contribution in [0.3, 0.4) is 0 Å². The molecule has 3 nitrogen and oxygen atoms in total. The molecule has 1 fully saturated rings. The second kappa shape index (κ2) is 5.89. The third-order valence-corrected chi connectivity index (χ3v) is 3.60. The molecular weight excluding hydrogens is 214 g/mol. The van der Waals surface area contributed by atoms with E-state index in [-0.39, 0.29) is 0 Å². The first-order valence-corrected chi connectivity index (χ1v) is 6.43. The van der Waals surface area contributed by atoms with E-state index in [4.69, 9.17) is 9.47 Å². The molecular formula is C14H21NO2. The summed E-state index contributed by atoms with van der Waals surface area (Å²) in [7, 11) is 3.37. The molecule has 1 saturated carbocycles. The maximum absolute atomic E-state index is 5.42. The Morgan fingerprint density at radius 2 is 1.76 bits per heavy atom. The van der Waals surface area contributed by atoms with Crippen molar-refractivity contribution < 1.29 is 9.47 Å². The minimum Gasteiger partial charge on any atom is -0.495 e. The van der Waals surface area contributed by atoms with E-state index in [9.17, 15) is 0 Å². The quantitative estimate of drug-likeness (QED) is 0.751. The molecule has 3 heteroatoms. The van der Waals surface area contributed by atoms with Crippen molar-refractivity contribution >= 4 is 0 Å². The maximum atomic E-state index is 5.42. The van der Waals surface area contributed by atoms with Gasteiger partial charge in [-0.1, -0.05) is 25.7 Å². The van der Waals surface area contributed by atoms with E-state index in [0.29, 0.717) is 11.8 Å². The predicted molar refractivity (Wildman–Crippen MR) is 67.8 cm³/mol. The van der Waals surface area contributed by atoms with Crippen LogP contribution in [0.25, 0.3) is 0 Å². The Morgan fingerprint density at radius 1 is 1.06 bits per heavy atom. The van der Waals surface area contributed by atoms with Gasteiger partial charge in [0.15, 0.2) is 0 Å². The number of nitrogens with zero attached hydrogens (tertiary/aromatic N) is 1. The van der Waals surface area contributed by atoms with Crippen molar-refractivity contribution in [2.75, 3.05) is 14.2 Å². The van der Waals surface area contributed by atoms with Crippen molar-refractivity contribution in [3.05, 3.63) is 17.8 Å². The summed E-state index contributed by atoms with van der Waals surface area (Å²) in [6.45, 7) is 0. The van der Waals surface area contributed by atoms with Crippen LogP contribution in [0.2, 0.25) is 0 Å². The van der Waals surface area contributed by atoms with Crippen LogP contribution in [-0.2, 0) is 0 Å². The summed E-state index contributed by atoms with van der Waals surface area (Å²) in [6.07, 6.45) is 9.64. The Morgan fingerprint density at radius 3 is 2.35 bits per heavy atom. The smallest absolute Gasteiger partial charge is 0.213 e. The molecule has 1 aromatic heterocycles. The Labute approximate surface area is 103 Å². The second-order valence-electron chi connectivity index (χ2n) is 4.66. The molecule has 0 N–H and O–H groups in total. The van der Waals surface area contributed by atoms with Crippen molar-refractivity contribution in [2.45, 2.75) is 44.4 Å². The van der Waals surface area contributed by atoms with Gasteiger partial charge in [0, 0.05) is 11.6 Å². The van der Waals surface area contributed by atoms with Crippen molar-refractivity contribution in [2.24, 2.45) is 0 Å². The maximum Gasteiger partial charge on any atom is 0.213 e. The molecule has 0 radical (unpaired) electrons. The van der Waals surface area contributed by atoms with E-state index in [0.717, 1.165) is 5.75 Å². The first-order valence-electron chi connectivity index (χ1n) is 6.43. The molecule has 0 atom stereocenters. The zero-order chi connectivity index (χ0) is 12.1. The average Bonchev–Trinajstić information content (AvgIpc) is 2.66. The summed E-state index contributed by atoms with van der Waals surface area (Å²) in [5.74, 6) is 2.19. The highest BCUT2D eigenvalue weighted by Crippen LogP contribution is 2.37. The van der Waals surface area contributed by atoms with Crippen LogP contribution in [0.1, 0.15) is 50.0 Å².